The molecule has 1 heterocycles. The number of benzene rings is 1. The normalized spacial score (nSPS) is 10.8. The first kappa shape index (κ1) is 10.7. The van der Waals surface area contributed by atoms with Crippen molar-refractivity contribution < 1.29 is 9.52 Å². The van der Waals surface area contributed by atoms with Gasteiger partial charge in [-0.2, -0.15) is 0 Å². The second-order valence-corrected chi connectivity index (χ2v) is 3.82. The van der Waals surface area contributed by atoms with Gasteiger partial charge >= 0.3 is 5.63 Å². The highest BCUT2D eigenvalue weighted by molar-refractivity contribution is 5.83. The van der Waals surface area contributed by atoms with Crippen molar-refractivity contribution in [2.75, 3.05) is 0 Å². The molecule has 84 valence electrons. The maximum atomic E-state index is 11.6. The number of aromatic hydroxyl groups is 1. The van der Waals surface area contributed by atoms with Crippen molar-refractivity contribution in [2.45, 2.75) is 26.2 Å². The fraction of sp³-hybridized carbons (Fsp3) is 0.308. The van der Waals surface area contributed by atoms with Gasteiger partial charge in [0.1, 0.15) is 11.3 Å². The second-order valence-electron chi connectivity index (χ2n) is 3.82. The van der Waals surface area contributed by atoms with Gasteiger partial charge in [0.2, 0.25) is 0 Å². The zero-order chi connectivity index (χ0) is 11.5. The van der Waals surface area contributed by atoms with Crippen LogP contribution in [-0.4, -0.2) is 5.11 Å². The lowest BCUT2D eigenvalue weighted by atomic mass is 10.1. The number of para-hydroxylation sites is 1. The molecule has 0 aliphatic rings. The molecule has 2 aromatic rings. The summed E-state index contributed by atoms with van der Waals surface area (Å²) in [4.78, 5) is 11.6. The van der Waals surface area contributed by atoms with E-state index in [1.807, 2.05) is 13.0 Å². The van der Waals surface area contributed by atoms with Crippen LogP contribution in [0, 0.1) is 0 Å². The van der Waals surface area contributed by atoms with E-state index in [-0.39, 0.29) is 5.75 Å². The quantitative estimate of drug-likeness (QED) is 0.806. The molecule has 0 unspecified atom stereocenters. The van der Waals surface area contributed by atoms with Crippen molar-refractivity contribution in [3.8, 4) is 5.75 Å². The lowest BCUT2D eigenvalue weighted by Gasteiger charge is -2.05. The maximum Gasteiger partial charge on any atom is 0.343 e. The molecule has 0 fully saturated rings. The molecule has 16 heavy (non-hydrogen) atoms. The average molecular weight is 218 g/mol. The molecule has 2 rings (SSSR count). The summed E-state index contributed by atoms with van der Waals surface area (Å²) in [7, 11) is 0. The molecular formula is C13H14O3. The predicted molar refractivity (Wildman–Crippen MR) is 62.8 cm³/mol. The van der Waals surface area contributed by atoms with Crippen LogP contribution >= 0.6 is 0 Å². The third-order valence-electron chi connectivity index (χ3n) is 2.66. The Morgan fingerprint density at radius 3 is 2.81 bits per heavy atom. The van der Waals surface area contributed by atoms with Crippen LogP contribution in [0.4, 0.5) is 0 Å². The number of rotatable bonds is 3. The maximum absolute atomic E-state index is 11.6. The molecule has 0 saturated carbocycles. The lowest BCUT2D eigenvalue weighted by molar-refractivity contribution is 0.455. The van der Waals surface area contributed by atoms with Crippen molar-refractivity contribution in [2.24, 2.45) is 0 Å². The zero-order valence-electron chi connectivity index (χ0n) is 9.19. The number of unbranched alkanes of at least 4 members (excludes halogenated alkanes) is 1. The molecule has 3 nitrogen and oxygen atoms in total. The minimum atomic E-state index is -0.426. The summed E-state index contributed by atoms with van der Waals surface area (Å²) in [5.41, 5.74) is 0.399. The highest BCUT2D eigenvalue weighted by Crippen LogP contribution is 2.26. The van der Waals surface area contributed by atoms with Gasteiger partial charge in [-0.05, 0) is 25.0 Å². The number of fused-ring (bicyclic) bond motifs is 1. The molecule has 0 bridgehead atoms. The minimum Gasteiger partial charge on any atom is -0.507 e. The molecular weight excluding hydrogens is 204 g/mol. The largest absolute Gasteiger partial charge is 0.507 e. The minimum absolute atomic E-state index is 0.0697. The van der Waals surface area contributed by atoms with Gasteiger partial charge in [0.25, 0.3) is 0 Å². The highest BCUT2D eigenvalue weighted by Gasteiger charge is 2.12. The van der Waals surface area contributed by atoms with Gasteiger partial charge in [0, 0.05) is 0 Å². The molecule has 0 spiro atoms. The van der Waals surface area contributed by atoms with Gasteiger partial charge in [0.15, 0.2) is 0 Å². The Morgan fingerprint density at radius 1 is 1.31 bits per heavy atom. The van der Waals surface area contributed by atoms with Crippen molar-refractivity contribution in [1.29, 1.82) is 0 Å². The van der Waals surface area contributed by atoms with Gasteiger partial charge in [-0.25, -0.2) is 4.79 Å². The third-order valence-corrected chi connectivity index (χ3v) is 2.66. The smallest absolute Gasteiger partial charge is 0.343 e. The third kappa shape index (κ3) is 1.81. The van der Waals surface area contributed by atoms with Crippen LogP contribution in [0.15, 0.2) is 33.5 Å². The molecule has 1 aromatic carbocycles. The van der Waals surface area contributed by atoms with E-state index in [0.717, 1.165) is 12.8 Å². The summed E-state index contributed by atoms with van der Waals surface area (Å²) < 4.78 is 5.16. The van der Waals surface area contributed by atoms with Crippen LogP contribution in [-0.2, 0) is 6.42 Å². The van der Waals surface area contributed by atoms with Gasteiger partial charge in [0.05, 0.1) is 10.9 Å². The molecule has 0 aliphatic heterocycles. The predicted octanol–water partition coefficient (Wildman–Crippen LogP) is 2.84. The van der Waals surface area contributed by atoms with Crippen molar-refractivity contribution in [1.82, 2.24) is 0 Å². The van der Waals surface area contributed by atoms with Gasteiger partial charge < -0.3 is 9.52 Å². The lowest BCUT2D eigenvalue weighted by Crippen LogP contribution is -2.07. The second kappa shape index (κ2) is 4.39. The van der Waals surface area contributed by atoms with Crippen molar-refractivity contribution in [3.63, 3.8) is 0 Å². The first-order valence-electron chi connectivity index (χ1n) is 5.47. The fourth-order valence-electron chi connectivity index (χ4n) is 1.75. The van der Waals surface area contributed by atoms with Crippen LogP contribution in [0.1, 0.15) is 25.3 Å². The van der Waals surface area contributed by atoms with E-state index < -0.39 is 5.63 Å². The van der Waals surface area contributed by atoms with Gasteiger partial charge in [-0.15, -0.1) is 0 Å². The molecule has 0 saturated heterocycles. The van der Waals surface area contributed by atoms with E-state index in [9.17, 15) is 9.90 Å². The van der Waals surface area contributed by atoms with Crippen LogP contribution < -0.4 is 5.63 Å². The first-order chi connectivity index (χ1) is 7.74. The Balaban J connectivity index is 2.61. The summed E-state index contributed by atoms with van der Waals surface area (Å²) in [6, 6.07) is 7.02. The number of hydrogen-bond donors (Lipinski definition) is 1. The van der Waals surface area contributed by atoms with E-state index in [1.165, 1.54) is 0 Å². The van der Waals surface area contributed by atoms with E-state index >= 15 is 0 Å². The molecule has 0 amide bonds. The highest BCUT2D eigenvalue weighted by atomic mass is 16.4. The standard InChI is InChI=1S/C13H14O3/c1-2-3-6-10-12(14)9-7-4-5-8-11(9)16-13(10)15/h4-5,7-8,14H,2-3,6H2,1H3. The Morgan fingerprint density at radius 2 is 2.06 bits per heavy atom. The van der Waals surface area contributed by atoms with E-state index in [0.29, 0.717) is 23.0 Å². The zero-order valence-corrected chi connectivity index (χ0v) is 9.19. The average Bonchev–Trinajstić information content (AvgIpc) is 2.29. The molecule has 0 aliphatic carbocycles. The Bertz CT molecular complexity index is 555. The van der Waals surface area contributed by atoms with Gasteiger partial charge in [-0.1, -0.05) is 25.5 Å². The molecule has 0 atom stereocenters. The monoisotopic (exact) mass is 218 g/mol. The van der Waals surface area contributed by atoms with Crippen LogP contribution in [0.3, 0.4) is 0 Å². The Kier molecular flexibility index (Phi) is 2.95. The van der Waals surface area contributed by atoms with Crippen molar-refractivity contribution in [3.05, 3.63) is 40.2 Å². The van der Waals surface area contributed by atoms with Gasteiger partial charge in [-0.3, -0.25) is 0 Å². The van der Waals surface area contributed by atoms with Crippen LogP contribution in [0.2, 0.25) is 0 Å². The summed E-state index contributed by atoms with van der Waals surface area (Å²) in [5, 5.41) is 10.6. The Labute approximate surface area is 93.3 Å². The van der Waals surface area contributed by atoms with E-state index in [1.54, 1.807) is 18.2 Å². The molecule has 3 heteroatoms. The summed E-state index contributed by atoms with van der Waals surface area (Å²) in [5.74, 6) is 0.0697. The topological polar surface area (TPSA) is 50.4 Å². The van der Waals surface area contributed by atoms with Crippen LogP contribution in [0.25, 0.3) is 11.0 Å². The van der Waals surface area contributed by atoms with E-state index in [2.05, 4.69) is 0 Å². The van der Waals surface area contributed by atoms with Crippen molar-refractivity contribution >= 4 is 11.0 Å². The summed E-state index contributed by atoms with van der Waals surface area (Å²) in [6.07, 6.45) is 2.41. The molecule has 1 N–H and O–H groups in total. The number of hydrogen-bond acceptors (Lipinski definition) is 3. The summed E-state index contributed by atoms with van der Waals surface area (Å²) in [6.45, 7) is 2.04. The molecule has 0 radical (unpaired) electrons. The van der Waals surface area contributed by atoms with Crippen LogP contribution in [0.5, 0.6) is 5.75 Å². The van der Waals surface area contributed by atoms with E-state index in [4.69, 9.17) is 4.42 Å². The molecule has 1 aromatic heterocycles. The SMILES string of the molecule is CCCCc1c(O)c2ccccc2oc1=O. The Hall–Kier alpha value is -1.77. The summed E-state index contributed by atoms with van der Waals surface area (Å²) >= 11 is 0. The fourth-order valence-corrected chi connectivity index (χ4v) is 1.75. The first-order valence-corrected chi connectivity index (χ1v) is 5.47.